The van der Waals surface area contributed by atoms with Crippen LogP contribution in [-0.2, 0) is 0 Å². The van der Waals surface area contributed by atoms with Gasteiger partial charge in [0.2, 0.25) is 0 Å². The zero-order valence-electron chi connectivity index (χ0n) is 10.0. The maximum absolute atomic E-state index is 9.56. The highest BCUT2D eigenvalue weighted by Gasteiger charge is 2.29. The number of nitriles is 1. The molecule has 4 nitrogen and oxygen atoms in total. The fraction of sp³-hybridized carbons (Fsp3) is 0.538. The van der Waals surface area contributed by atoms with Gasteiger partial charge in [0.05, 0.1) is 18.6 Å². The summed E-state index contributed by atoms with van der Waals surface area (Å²) in [5.74, 6) is 0.876. The summed E-state index contributed by atoms with van der Waals surface area (Å²) in [7, 11) is 0. The van der Waals surface area contributed by atoms with Gasteiger partial charge in [-0.15, -0.1) is 0 Å². The molecule has 1 saturated carbocycles. The second-order valence-corrected chi connectivity index (χ2v) is 4.46. The molecule has 90 valence electrons. The third-order valence-corrected chi connectivity index (χ3v) is 3.00. The summed E-state index contributed by atoms with van der Waals surface area (Å²) >= 11 is 0. The van der Waals surface area contributed by atoms with Crippen LogP contribution in [0.25, 0.3) is 0 Å². The summed E-state index contributed by atoms with van der Waals surface area (Å²) in [6.45, 7) is 2.47. The van der Waals surface area contributed by atoms with Crippen molar-refractivity contribution in [1.82, 2.24) is 4.98 Å². The van der Waals surface area contributed by atoms with Crippen molar-refractivity contribution in [3.8, 4) is 6.07 Å². The first-order valence-electron chi connectivity index (χ1n) is 6.00. The number of pyridine rings is 1. The minimum atomic E-state index is -0.478. The van der Waals surface area contributed by atoms with E-state index in [0.717, 1.165) is 17.9 Å². The van der Waals surface area contributed by atoms with Gasteiger partial charge in [0.25, 0.3) is 0 Å². The van der Waals surface area contributed by atoms with Gasteiger partial charge in [-0.25, -0.2) is 4.98 Å². The van der Waals surface area contributed by atoms with Gasteiger partial charge in [-0.3, -0.25) is 0 Å². The predicted molar refractivity (Wildman–Crippen MR) is 65.5 cm³/mol. The van der Waals surface area contributed by atoms with Gasteiger partial charge >= 0.3 is 0 Å². The molecule has 4 heteroatoms. The largest absolute Gasteiger partial charge is 0.389 e. The first-order chi connectivity index (χ1) is 8.22. The molecule has 17 heavy (non-hydrogen) atoms. The average Bonchev–Trinajstić information content (AvgIpc) is 3.14. The lowest BCUT2D eigenvalue weighted by atomic mass is 10.1. The Balaban J connectivity index is 2.17. The van der Waals surface area contributed by atoms with Crippen molar-refractivity contribution >= 4 is 5.82 Å². The van der Waals surface area contributed by atoms with Gasteiger partial charge in [0.15, 0.2) is 0 Å². The van der Waals surface area contributed by atoms with Crippen molar-refractivity contribution in [2.24, 2.45) is 0 Å². The van der Waals surface area contributed by atoms with Crippen LogP contribution in [0.1, 0.15) is 37.9 Å². The molecule has 1 fully saturated rings. The number of hydrogen-bond acceptors (Lipinski definition) is 4. The van der Waals surface area contributed by atoms with Crippen molar-refractivity contribution in [2.45, 2.75) is 38.3 Å². The molecule has 0 spiro atoms. The van der Waals surface area contributed by atoms with E-state index in [1.54, 1.807) is 13.1 Å². The van der Waals surface area contributed by atoms with Crippen molar-refractivity contribution < 1.29 is 5.11 Å². The molecule has 0 amide bonds. The molecule has 0 bridgehead atoms. The van der Waals surface area contributed by atoms with Crippen molar-refractivity contribution in [3.63, 3.8) is 0 Å². The van der Waals surface area contributed by atoms with Crippen LogP contribution in [0.3, 0.4) is 0 Å². The zero-order chi connectivity index (χ0) is 12.3. The monoisotopic (exact) mass is 231 g/mol. The fourth-order valence-electron chi connectivity index (χ4n) is 1.89. The smallest absolute Gasteiger partial charge is 0.129 e. The molecular formula is C13H17N3O. The van der Waals surface area contributed by atoms with Crippen LogP contribution >= 0.6 is 0 Å². The van der Waals surface area contributed by atoms with E-state index in [1.165, 1.54) is 12.8 Å². The molecule has 1 aromatic rings. The molecular weight excluding hydrogens is 214 g/mol. The number of anilines is 1. The van der Waals surface area contributed by atoms with E-state index >= 15 is 0 Å². The summed E-state index contributed by atoms with van der Waals surface area (Å²) in [6, 6.07) is 6.44. The Hall–Kier alpha value is -1.60. The summed E-state index contributed by atoms with van der Waals surface area (Å²) in [6.07, 6.45) is 4.10. The third kappa shape index (κ3) is 2.95. The molecule has 1 N–H and O–H groups in total. The Kier molecular flexibility index (Phi) is 3.60. The van der Waals surface area contributed by atoms with E-state index in [-0.39, 0.29) is 0 Å². The predicted octanol–water partition coefficient (Wildman–Crippen LogP) is 2.02. The molecule has 1 heterocycles. The molecule has 1 aromatic heterocycles. The van der Waals surface area contributed by atoms with Crippen LogP contribution in [0.5, 0.6) is 0 Å². The quantitative estimate of drug-likeness (QED) is 0.842. The molecule has 1 atom stereocenters. The van der Waals surface area contributed by atoms with E-state index < -0.39 is 6.10 Å². The Morgan fingerprint density at radius 3 is 3.00 bits per heavy atom. The lowest BCUT2D eigenvalue weighted by molar-refractivity contribution is 0.199. The molecule has 1 aliphatic carbocycles. The topological polar surface area (TPSA) is 60.2 Å². The van der Waals surface area contributed by atoms with Gasteiger partial charge in [-0.2, -0.15) is 5.26 Å². The number of aliphatic hydroxyl groups is 1. The van der Waals surface area contributed by atoms with Crippen molar-refractivity contribution in [2.75, 3.05) is 11.4 Å². The normalized spacial score (nSPS) is 16.3. The van der Waals surface area contributed by atoms with Gasteiger partial charge in [0, 0.05) is 18.8 Å². The maximum atomic E-state index is 9.56. The van der Waals surface area contributed by atoms with Gasteiger partial charge in [-0.05, 0) is 37.5 Å². The van der Waals surface area contributed by atoms with E-state index in [1.807, 2.05) is 12.1 Å². The number of rotatable bonds is 5. The van der Waals surface area contributed by atoms with Crippen LogP contribution in [0.2, 0.25) is 0 Å². The first-order valence-corrected chi connectivity index (χ1v) is 6.00. The van der Waals surface area contributed by atoms with Gasteiger partial charge < -0.3 is 10.0 Å². The lowest BCUT2D eigenvalue weighted by Gasteiger charge is -2.23. The summed E-state index contributed by atoms with van der Waals surface area (Å²) in [4.78, 5) is 6.52. The summed E-state index contributed by atoms with van der Waals surface area (Å²) in [5.41, 5.74) is 0.873. The number of hydrogen-bond donors (Lipinski definition) is 1. The number of aliphatic hydroxyl groups excluding tert-OH is 1. The number of aromatic nitrogens is 1. The highest BCUT2D eigenvalue weighted by molar-refractivity contribution is 5.44. The van der Waals surface area contributed by atoms with Crippen LogP contribution in [-0.4, -0.2) is 22.7 Å². The van der Waals surface area contributed by atoms with Gasteiger partial charge in [-0.1, -0.05) is 0 Å². The highest BCUT2D eigenvalue weighted by atomic mass is 16.3. The van der Waals surface area contributed by atoms with Gasteiger partial charge in [0.1, 0.15) is 5.82 Å². The number of nitrogens with zero attached hydrogens (tertiary/aromatic N) is 3. The second kappa shape index (κ2) is 5.15. The summed E-state index contributed by atoms with van der Waals surface area (Å²) in [5, 5.41) is 18.2. The van der Waals surface area contributed by atoms with E-state index in [4.69, 9.17) is 5.26 Å². The Bertz CT molecular complexity index is 421. The van der Waals surface area contributed by atoms with Crippen LogP contribution in [0, 0.1) is 11.3 Å². The van der Waals surface area contributed by atoms with Crippen LogP contribution in [0.15, 0.2) is 18.3 Å². The molecule has 0 aromatic carbocycles. The maximum Gasteiger partial charge on any atom is 0.129 e. The Morgan fingerprint density at radius 2 is 2.41 bits per heavy atom. The highest BCUT2D eigenvalue weighted by Crippen LogP contribution is 2.31. The minimum Gasteiger partial charge on any atom is -0.389 e. The minimum absolute atomic E-state index is 0.478. The van der Waals surface area contributed by atoms with E-state index in [0.29, 0.717) is 12.5 Å². The average molecular weight is 231 g/mol. The lowest BCUT2D eigenvalue weighted by Crippen LogP contribution is -2.27. The SMILES string of the molecule is C[C@H](O)c1ccnc(N(CCC#N)C2CC2)c1. The van der Waals surface area contributed by atoms with E-state index in [9.17, 15) is 5.11 Å². The Labute approximate surface area is 102 Å². The Morgan fingerprint density at radius 1 is 1.65 bits per heavy atom. The standard InChI is InChI=1S/C13H17N3O/c1-10(17)11-5-7-15-13(9-11)16(8-2-6-14)12-3-4-12/h5,7,9-10,12,17H,2-4,8H2,1H3/t10-/m0/s1. The van der Waals surface area contributed by atoms with Crippen LogP contribution in [0.4, 0.5) is 5.82 Å². The molecule has 2 rings (SSSR count). The molecule has 0 aliphatic heterocycles. The summed E-state index contributed by atoms with van der Waals surface area (Å²) < 4.78 is 0. The molecule has 0 unspecified atom stereocenters. The van der Waals surface area contributed by atoms with Crippen molar-refractivity contribution in [1.29, 1.82) is 5.26 Å². The molecule has 0 saturated heterocycles. The molecule has 0 radical (unpaired) electrons. The third-order valence-electron chi connectivity index (χ3n) is 3.00. The second-order valence-electron chi connectivity index (χ2n) is 4.46. The van der Waals surface area contributed by atoms with Crippen LogP contribution < -0.4 is 4.90 Å². The zero-order valence-corrected chi connectivity index (χ0v) is 10.0. The van der Waals surface area contributed by atoms with E-state index in [2.05, 4.69) is 16.0 Å². The fourth-order valence-corrected chi connectivity index (χ4v) is 1.89. The van der Waals surface area contributed by atoms with Crippen molar-refractivity contribution in [3.05, 3.63) is 23.9 Å². The molecule has 1 aliphatic rings. The first kappa shape index (κ1) is 11.9.